The van der Waals surface area contributed by atoms with E-state index in [4.69, 9.17) is 4.74 Å². The second-order valence-electron chi connectivity index (χ2n) is 4.59. The van der Waals surface area contributed by atoms with Crippen molar-refractivity contribution in [3.63, 3.8) is 0 Å². The number of ether oxygens (including phenoxy) is 1. The molecule has 102 valence electrons. The molecule has 0 saturated carbocycles. The van der Waals surface area contributed by atoms with E-state index in [2.05, 4.69) is 10.2 Å². The van der Waals surface area contributed by atoms with Crippen LogP contribution in [0.25, 0.3) is 0 Å². The van der Waals surface area contributed by atoms with E-state index in [9.17, 15) is 5.11 Å². The smallest absolute Gasteiger partial charge is 0.137 e. The van der Waals surface area contributed by atoms with E-state index in [0.717, 1.165) is 19.4 Å². The average Bonchev–Trinajstić information content (AvgIpc) is 2.95. The zero-order valence-corrected chi connectivity index (χ0v) is 11.8. The van der Waals surface area contributed by atoms with Crippen LogP contribution in [0.15, 0.2) is 18.3 Å². The van der Waals surface area contributed by atoms with Crippen LogP contribution in [0.5, 0.6) is 0 Å². The van der Waals surface area contributed by atoms with Gasteiger partial charge in [0.25, 0.3) is 0 Å². The first-order valence-electron chi connectivity index (χ1n) is 6.78. The molecule has 1 aromatic heterocycles. The minimum absolute atomic E-state index is 0.0484. The maximum Gasteiger partial charge on any atom is 0.137 e. The van der Waals surface area contributed by atoms with Gasteiger partial charge in [-0.25, -0.2) is 0 Å². The van der Waals surface area contributed by atoms with Crippen molar-refractivity contribution in [2.45, 2.75) is 52.2 Å². The van der Waals surface area contributed by atoms with Crippen LogP contribution in [0.2, 0.25) is 0 Å². The molecular formula is C14H24N2O2. The highest BCUT2D eigenvalue weighted by Crippen LogP contribution is 2.37. The standard InChI is InChI=1S/C12H18N2O2.C2H6/c1-9(2)12(15,11-6-4-8-16-11)10-5-3-7-13-14-10;1-2/h3,5,7,9,11,15H,4,6,8H2,1-2H3;1-2H3. The van der Waals surface area contributed by atoms with Crippen molar-refractivity contribution in [3.05, 3.63) is 24.0 Å². The third kappa shape index (κ3) is 2.87. The maximum absolute atomic E-state index is 10.8. The van der Waals surface area contributed by atoms with Crippen molar-refractivity contribution < 1.29 is 9.84 Å². The first kappa shape index (κ1) is 15.1. The van der Waals surface area contributed by atoms with Gasteiger partial charge in [-0.15, -0.1) is 0 Å². The van der Waals surface area contributed by atoms with Crippen LogP contribution in [-0.2, 0) is 10.3 Å². The van der Waals surface area contributed by atoms with Crippen LogP contribution < -0.4 is 0 Å². The monoisotopic (exact) mass is 252 g/mol. The van der Waals surface area contributed by atoms with Gasteiger partial charge in [0.2, 0.25) is 0 Å². The summed E-state index contributed by atoms with van der Waals surface area (Å²) in [6, 6.07) is 3.61. The maximum atomic E-state index is 10.8. The van der Waals surface area contributed by atoms with Crippen LogP contribution in [0.3, 0.4) is 0 Å². The Hall–Kier alpha value is -1.00. The highest BCUT2D eigenvalue weighted by atomic mass is 16.5. The molecule has 0 spiro atoms. The molecule has 1 aliphatic heterocycles. The Labute approximate surface area is 109 Å². The minimum Gasteiger partial charge on any atom is -0.380 e. The van der Waals surface area contributed by atoms with E-state index in [0.29, 0.717) is 5.69 Å². The fourth-order valence-corrected chi connectivity index (χ4v) is 2.27. The van der Waals surface area contributed by atoms with Crippen molar-refractivity contribution in [2.75, 3.05) is 6.61 Å². The number of hydrogen-bond acceptors (Lipinski definition) is 4. The van der Waals surface area contributed by atoms with Crippen LogP contribution in [0.4, 0.5) is 0 Å². The quantitative estimate of drug-likeness (QED) is 0.898. The van der Waals surface area contributed by atoms with Gasteiger partial charge in [-0.2, -0.15) is 10.2 Å². The van der Waals surface area contributed by atoms with E-state index < -0.39 is 5.60 Å². The number of aromatic nitrogens is 2. The molecule has 1 saturated heterocycles. The average molecular weight is 252 g/mol. The molecule has 18 heavy (non-hydrogen) atoms. The SMILES string of the molecule is CC.CC(C)C(O)(c1cccnn1)C1CCCO1. The predicted molar refractivity (Wildman–Crippen MR) is 71.1 cm³/mol. The van der Waals surface area contributed by atoms with Gasteiger partial charge in [0.15, 0.2) is 0 Å². The predicted octanol–water partition coefficient (Wildman–Crippen LogP) is 2.53. The molecule has 1 aromatic rings. The lowest BCUT2D eigenvalue weighted by molar-refractivity contribution is -0.122. The molecular weight excluding hydrogens is 228 g/mol. The Morgan fingerprint density at radius 3 is 2.61 bits per heavy atom. The summed E-state index contributed by atoms with van der Waals surface area (Å²) in [5, 5.41) is 18.7. The van der Waals surface area contributed by atoms with Crippen LogP contribution in [0, 0.1) is 5.92 Å². The molecule has 1 N–H and O–H groups in total. The van der Waals surface area contributed by atoms with Gasteiger partial charge in [-0.05, 0) is 30.9 Å². The third-order valence-electron chi connectivity index (χ3n) is 3.28. The Morgan fingerprint density at radius 2 is 2.17 bits per heavy atom. The molecule has 0 radical (unpaired) electrons. The van der Waals surface area contributed by atoms with Gasteiger partial charge in [-0.3, -0.25) is 0 Å². The molecule has 2 atom stereocenters. The van der Waals surface area contributed by atoms with E-state index in [1.165, 1.54) is 0 Å². The van der Waals surface area contributed by atoms with E-state index in [1.807, 2.05) is 33.8 Å². The van der Waals surface area contributed by atoms with Gasteiger partial charge in [0.1, 0.15) is 5.60 Å². The van der Waals surface area contributed by atoms with Crippen molar-refractivity contribution in [1.29, 1.82) is 0 Å². The summed E-state index contributed by atoms with van der Waals surface area (Å²) in [4.78, 5) is 0. The molecule has 4 nitrogen and oxygen atoms in total. The van der Waals surface area contributed by atoms with Crippen LogP contribution >= 0.6 is 0 Å². The summed E-state index contributed by atoms with van der Waals surface area (Å²) < 4.78 is 5.62. The fourth-order valence-electron chi connectivity index (χ4n) is 2.27. The summed E-state index contributed by atoms with van der Waals surface area (Å²) in [5.74, 6) is 0.0484. The summed E-state index contributed by atoms with van der Waals surface area (Å²) in [6.07, 6.45) is 3.33. The Kier molecular flexibility index (Phi) is 5.69. The molecule has 2 unspecified atom stereocenters. The van der Waals surface area contributed by atoms with Crippen molar-refractivity contribution in [3.8, 4) is 0 Å². The van der Waals surface area contributed by atoms with Gasteiger partial charge >= 0.3 is 0 Å². The van der Waals surface area contributed by atoms with E-state index in [1.54, 1.807) is 12.3 Å². The van der Waals surface area contributed by atoms with Gasteiger partial charge < -0.3 is 9.84 Å². The second kappa shape index (κ2) is 6.81. The van der Waals surface area contributed by atoms with Crippen molar-refractivity contribution in [2.24, 2.45) is 5.92 Å². The number of aliphatic hydroxyl groups is 1. The number of rotatable bonds is 3. The Morgan fingerprint density at radius 1 is 1.44 bits per heavy atom. The highest BCUT2D eigenvalue weighted by molar-refractivity contribution is 5.14. The lowest BCUT2D eigenvalue weighted by Gasteiger charge is -2.35. The summed E-state index contributed by atoms with van der Waals surface area (Å²) in [6.45, 7) is 8.69. The topological polar surface area (TPSA) is 55.2 Å². The molecule has 0 amide bonds. The van der Waals surface area contributed by atoms with Crippen molar-refractivity contribution >= 4 is 0 Å². The molecule has 0 aromatic carbocycles. The van der Waals surface area contributed by atoms with Gasteiger partial charge in [-0.1, -0.05) is 27.7 Å². The lowest BCUT2D eigenvalue weighted by atomic mass is 9.81. The highest BCUT2D eigenvalue weighted by Gasteiger charge is 2.45. The van der Waals surface area contributed by atoms with Crippen LogP contribution in [0.1, 0.15) is 46.2 Å². The molecule has 1 aliphatic rings. The normalized spacial score (nSPS) is 22.2. The molecule has 0 bridgehead atoms. The van der Waals surface area contributed by atoms with Crippen molar-refractivity contribution in [1.82, 2.24) is 10.2 Å². The van der Waals surface area contributed by atoms with Gasteiger partial charge in [0.05, 0.1) is 11.8 Å². The van der Waals surface area contributed by atoms with E-state index >= 15 is 0 Å². The zero-order valence-electron chi connectivity index (χ0n) is 11.8. The third-order valence-corrected chi connectivity index (χ3v) is 3.28. The molecule has 2 rings (SSSR count). The Bertz CT molecular complexity index is 337. The first-order chi connectivity index (χ1) is 8.65. The second-order valence-corrected chi connectivity index (χ2v) is 4.59. The number of nitrogens with zero attached hydrogens (tertiary/aromatic N) is 2. The molecule has 0 aliphatic carbocycles. The number of hydrogen-bond donors (Lipinski definition) is 1. The zero-order chi connectivity index (χ0) is 13.6. The van der Waals surface area contributed by atoms with Crippen LogP contribution in [-0.4, -0.2) is 28.0 Å². The fraction of sp³-hybridized carbons (Fsp3) is 0.714. The van der Waals surface area contributed by atoms with E-state index in [-0.39, 0.29) is 12.0 Å². The molecule has 2 heterocycles. The summed E-state index contributed by atoms with van der Waals surface area (Å²) >= 11 is 0. The lowest BCUT2D eigenvalue weighted by Crippen LogP contribution is -2.44. The summed E-state index contributed by atoms with van der Waals surface area (Å²) in [7, 11) is 0. The summed E-state index contributed by atoms with van der Waals surface area (Å²) in [5.41, 5.74) is -0.415. The first-order valence-corrected chi connectivity index (χ1v) is 6.78. The minimum atomic E-state index is -1.02. The Balaban J connectivity index is 0.000000771. The largest absolute Gasteiger partial charge is 0.380 e. The molecule has 4 heteroatoms. The van der Waals surface area contributed by atoms with Gasteiger partial charge in [0, 0.05) is 12.8 Å². The molecule has 1 fully saturated rings.